The maximum Gasteiger partial charge on any atom is 0.166 e. The van der Waals surface area contributed by atoms with Crippen molar-refractivity contribution in [3.8, 4) is 11.5 Å². The van der Waals surface area contributed by atoms with Crippen molar-refractivity contribution in [3.05, 3.63) is 71.9 Å². The maximum atomic E-state index is 5.72. The molecule has 1 aromatic heterocycles. The summed E-state index contributed by atoms with van der Waals surface area (Å²) in [4.78, 5) is 3.37. The van der Waals surface area contributed by atoms with E-state index in [0.717, 1.165) is 22.4 Å². The highest BCUT2D eigenvalue weighted by Gasteiger charge is 2.23. The fraction of sp³-hybridized carbons (Fsp3) is 0.261. The third-order valence-corrected chi connectivity index (χ3v) is 5.11. The first-order valence-electron chi connectivity index (χ1n) is 9.48. The van der Waals surface area contributed by atoms with Crippen molar-refractivity contribution in [2.75, 3.05) is 27.3 Å². The molecule has 152 valence electrons. The molecule has 0 amide bonds. The van der Waals surface area contributed by atoms with Gasteiger partial charge in [-0.05, 0) is 36.8 Å². The Bertz CT molecular complexity index is 1010. The van der Waals surface area contributed by atoms with Crippen molar-refractivity contribution < 1.29 is 9.47 Å². The average molecular weight is 410 g/mol. The summed E-state index contributed by atoms with van der Waals surface area (Å²) in [5, 5.41) is 8.30. The Hall–Kier alpha value is -2.99. The lowest BCUT2D eigenvalue weighted by Gasteiger charge is -2.22. The number of rotatable bonds is 8. The third kappa shape index (κ3) is 4.71. The minimum Gasteiger partial charge on any atom is -0.493 e. The molecule has 0 unspecified atom stereocenters. The van der Waals surface area contributed by atoms with Crippen LogP contribution in [-0.2, 0) is 0 Å². The van der Waals surface area contributed by atoms with Crippen LogP contribution >= 0.6 is 12.2 Å². The van der Waals surface area contributed by atoms with Crippen molar-refractivity contribution in [2.45, 2.75) is 12.8 Å². The van der Waals surface area contributed by atoms with E-state index in [9.17, 15) is 0 Å². The maximum absolute atomic E-state index is 5.72. The predicted octanol–water partition coefficient (Wildman–Crippen LogP) is 4.36. The molecule has 1 atom stereocenters. The highest BCUT2D eigenvalue weighted by Crippen LogP contribution is 2.40. The average Bonchev–Trinajstić information content (AvgIpc) is 3.16. The summed E-state index contributed by atoms with van der Waals surface area (Å²) in [7, 11) is 3.32. The minimum absolute atomic E-state index is 0.000720. The smallest absolute Gasteiger partial charge is 0.166 e. The number of hydrogen-bond acceptors (Lipinski definition) is 3. The molecule has 0 aliphatic carbocycles. The van der Waals surface area contributed by atoms with Crippen LogP contribution in [0, 0.1) is 0 Å². The highest BCUT2D eigenvalue weighted by molar-refractivity contribution is 7.80. The van der Waals surface area contributed by atoms with Gasteiger partial charge in [0.2, 0.25) is 0 Å². The van der Waals surface area contributed by atoms with Gasteiger partial charge in [0.1, 0.15) is 0 Å². The predicted molar refractivity (Wildman–Crippen MR) is 123 cm³/mol. The highest BCUT2D eigenvalue weighted by atomic mass is 32.1. The van der Waals surface area contributed by atoms with E-state index in [4.69, 9.17) is 21.7 Å². The van der Waals surface area contributed by atoms with Crippen LogP contribution in [0.5, 0.6) is 11.5 Å². The summed E-state index contributed by atoms with van der Waals surface area (Å²) < 4.78 is 11.2. The van der Waals surface area contributed by atoms with Crippen LogP contribution in [0.15, 0.2) is 60.8 Å². The number of thiocarbonyl (C=S) groups is 1. The Morgan fingerprint density at radius 2 is 1.86 bits per heavy atom. The Kier molecular flexibility index (Phi) is 6.77. The van der Waals surface area contributed by atoms with E-state index in [0.29, 0.717) is 24.0 Å². The summed E-state index contributed by atoms with van der Waals surface area (Å²) in [6.45, 7) is 7.12. The second-order valence-electron chi connectivity index (χ2n) is 6.95. The summed E-state index contributed by atoms with van der Waals surface area (Å²) in [5.41, 5.74) is 4.32. The second-order valence-corrected chi connectivity index (χ2v) is 7.35. The van der Waals surface area contributed by atoms with Crippen molar-refractivity contribution >= 4 is 28.2 Å². The largest absolute Gasteiger partial charge is 0.493 e. The molecule has 0 spiro atoms. The number of benzene rings is 2. The molecular formula is C23H27N3O2S. The fourth-order valence-electron chi connectivity index (χ4n) is 3.44. The molecule has 5 nitrogen and oxygen atoms in total. The van der Waals surface area contributed by atoms with Gasteiger partial charge in [0, 0.05) is 41.7 Å². The van der Waals surface area contributed by atoms with Crippen molar-refractivity contribution in [1.82, 2.24) is 15.6 Å². The lowest BCUT2D eigenvalue weighted by atomic mass is 9.90. The Morgan fingerprint density at radius 3 is 2.59 bits per heavy atom. The zero-order chi connectivity index (χ0) is 20.8. The van der Waals surface area contributed by atoms with Gasteiger partial charge >= 0.3 is 0 Å². The first-order valence-corrected chi connectivity index (χ1v) is 9.89. The van der Waals surface area contributed by atoms with E-state index >= 15 is 0 Å². The monoisotopic (exact) mass is 409 g/mol. The number of H-pyrrole nitrogens is 1. The van der Waals surface area contributed by atoms with E-state index in [1.165, 1.54) is 10.9 Å². The van der Waals surface area contributed by atoms with Crippen molar-refractivity contribution in [3.63, 3.8) is 0 Å². The number of nitrogens with one attached hydrogen (secondary N) is 3. The summed E-state index contributed by atoms with van der Waals surface area (Å²) in [6, 6.07) is 14.2. The van der Waals surface area contributed by atoms with Crippen LogP contribution in [0.25, 0.3) is 10.9 Å². The van der Waals surface area contributed by atoms with Crippen LogP contribution in [0.4, 0.5) is 0 Å². The van der Waals surface area contributed by atoms with Crippen molar-refractivity contribution in [2.24, 2.45) is 0 Å². The topological polar surface area (TPSA) is 58.3 Å². The number of ether oxygens (including phenoxy) is 2. The molecule has 2 aromatic carbocycles. The van der Waals surface area contributed by atoms with Gasteiger partial charge < -0.3 is 25.1 Å². The number of hydrogen-bond donors (Lipinski definition) is 3. The molecule has 29 heavy (non-hydrogen) atoms. The molecule has 0 saturated carbocycles. The SMILES string of the molecule is C=C(C)CNC(=S)NC[C@@H](c1cccc(OC)c1OC)c1c[nH]c2ccccc12. The first kappa shape index (κ1) is 20.7. The van der Waals surface area contributed by atoms with Gasteiger partial charge in [0.15, 0.2) is 16.6 Å². The van der Waals surface area contributed by atoms with E-state index in [-0.39, 0.29) is 5.92 Å². The molecule has 0 aliphatic rings. The molecule has 1 heterocycles. The molecule has 0 saturated heterocycles. The molecule has 0 bridgehead atoms. The molecule has 0 fully saturated rings. The van der Waals surface area contributed by atoms with Crippen LogP contribution < -0.4 is 20.1 Å². The zero-order valence-corrected chi connectivity index (χ0v) is 17.9. The Morgan fingerprint density at radius 1 is 1.07 bits per heavy atom. The molecule has 3 rings (SSSR count). The minimum atomic E-state index is 0.000720. The van der Waals surface area contributed by atoms with E-state index in [1.54, 1.807) is 14.2 Å². The normalized spacial score (nSPS) is 11.7. The number of para-hydroxylation sites is 2. The molecular weight excluding hydrogens is 382 g/mol. The number of aromatic amines is 1. The lowest BCUT2D eigenvalue weighted by molar-refractivity contribution is 0.350. The molecule has 0 radical (unpaired) electrons. The number of aromatic nitrogens is 1. The van der Waals surface area contributed by atoms with Gasteiger partial charge in [-0.2, -0.15) is 0 Å². The summed E-state index contributed by atoms with van der Waals surface area (Å²) >= 11 is 5.45. The van der Waals surface area contributed by atoms with Crippen LogP contribution in [0.1, 0.15) is 24.0 Å². The van der Waals surface area contributed by atoms with Crippen LogP contribution in [-0.4, -0.2) is 37.4 Å². The van der Waals surface area contributed by atoms with Crippen molar-refractivity contribution in [1.29, 1.82) is 0 Å². The van der Waals surface area contributed by atoms with E-state index in [1.807, 2.05) is 31.2 Å². The van der Waals surface area contributed by atoms with Crippen LogP contribution in [0.2, 0.25) is 0 Å². The van der Waals surface area contributed by atoms with E-state index < -0.39 is 0 Å². The molecule has 6 heteroatoms. The second kappa shape index (κ2) is 9.47. The zero-order valence-electron chi connectivity index (χ0n) is 17.0. The number of fused-ring (bicyclic) bond motifs is 1. The number of methoxy groups -OCH3 is 2. The van der Waals surface area contributed by atoms with Gasteiger partial charge in [-0.25, -0.2) is 0 Å². The van der Waals surface area contributed by atoms with Gasteiger partial charge in [0.05, 0.1) is 14.2 Å². The third-order valence-electron chi connectivity index (χ3n) is 4.82. The standard InChI is InChI=1S/C23H27N3O2S/c1-15(2)12-25-23(29)26-14-19(17-9-7-11-21(27-3)22(17)28-4)18-13-24-20-10-6-5-8-16(18)20/h5-11,13,19,24H,1,12,14H2,2-4H3,(H2,25,26,29)/t19-/m0/s1. The Labute approximate surface area is 177 Å². The Balaban J connectivity index is 1.99. The van der Waals surface area contributed by atoms with Gasteiger partial charge in [-0.3, -0.25) is 0 Å². The van der Waals surface area contributed by atoms with E-state index in [2.05, 4.69) is 46.6 Å². The van der Waals surface area contributed by atoms with Gasteiger partial charge in [0.25, 0.3) is 0 Å². The van der Waals surface area contributed by atoms with Gasteiger partial charge in [-0.1, -0.05) is 42.5 Å². The molecule has 0 aliphatic heterocycles. The molecule has 3 aromatic rings. The fourth-order valence-corrected chi connectivity index (χ4v) is 3.60. The first-order chi connectivity index (χ1) is 14.0. The van der Waals surface area contributed by atoms with Crippen LogP contribution in [0.3, 0.4) is 0 Å². The van der Waals surface area contributed by atoms with Gasteiger partial charge in [-0.15, -0.1) is 0 Å². The summed E-state index contributed by atoms with van der Waals surface area (Å²) in [5.74, 6) is 1.44. The quantitative estimate of drug-likeness (QED) is 0.381. The lowest BCUT2D eigenvalue weighted by Crippen LogP contribution is -2.38. The molecule has 3 N–H and O–H groups in total. The summed E-state index contributed by atoms with van der Waals surface area (Å²) in [6.07, 6.45) is 2.06.